The van der Waals surface area contributed by atoms with Crippen molar-refractivity contribution in [2.24, 2.45) is 5.92 Å². The Morgan fingerprint density at radius 3 is 2.26 bits per heavy atom. The predicted octanol–water partition coefficient (Wildman–Crippen LogP) is 6.15. The molecule has 1 aromatic rings. The van der Waals surface area contributed by atoms with Gasteiger partial charge in [0.2, 0.25) is 11.8 Å². The summed E-state index contributed by atoms with van der Waals surface area (Å²) >= 11 is 4.38. The van der Waals surface area contributed by atoms with Crippen LogP contribution in [0.1, 0.15) is 98.2 Å². The van der Waals surface area contributed by atoms with Crippen molar-refractivity contribution in [2.45, 2.75) is 111 Å². The van der Waals surface area contributed by atoms with E-state index in [-0.39, 0.29) is 29.7 Å². The Morgan fingerprint density at radius 1 is 1.08 bits per heavy atom. The van der Waals surface area contributed by atoms with Crippen molar-refractivity contribution in [2.75, 3.05) is 5.75 Å². The maximum absolute atomic E-state index is 14.2. The lowest BCUT2D eigenvalue weighted by atomic mass is 9.96. The molecule has 7 nitrogen and oxygen atoms in total. The number of nitrogens with one attached hydrogen (secondary N) is 2. The van der Waals surface area contributed by atoms with Crippen LogP contribution in [0.2, 0.25) is 0 Å². The van der Waals surface area contributed by atoms with Crippen molar-refractivity contribution in [1.29, 1.82) is 0 Å². The zero-order valence-corrected chi connectivity index (χ0v) is 25.4. The monoisotopic (exact) mass is 547 g/mol. The van der Waals surface area contributed by atoms with Gasteiger partial charge in [0.25, 0.3) is 0 Å². The van der Waals surface area contributed by atoms with Gasteiger partial charge in [-0.15, -0.1) is 0 Å². The Morgan fingerprint density at radius 2 is 1.74 bits per heavy atom. The SMILES string of the molecule is C=Cc1cccc(C(C(=O)NC(C)CCC)N(C(=O)C(CS)NC(=O)OC(C)(C)C)C(C)CCC(C)C)c1. The molecule has 0 aliphatic heterocycles. The molecule has 1 aromatic carbocycles. The van der Waals surface area contributed by atoms with Crippen molar-refractivity contribution < 1.29 is 19.1 Å². The van der Waals surface area contributed by atoms with Crippen LogP contribution >= 0.6 is 12.6 Å². The van der Waals surface area contributed by atoms with Gasteiger partial charge in [0.05, 0.1) is 0 Å². The number of amides is 3. The van der Waals surface area contributed by atoms with Crippen LogP contribution in [0.3, 0.4) is 0 Å². The molecule has 0 heterocycles. The van der Waals surface area contributed by atoms with Crippen molar-refractivity contribution in [3.63, 3.8) is 0 Å². The fraction of sp³-hybridized carbons (Fsp3) is 0.633. The quantitative estimate of drug-likeness (QED) is 0.244. The molecule has 0 aromatic heterocycles. The first-order valence-electron chi connectivity index (χ1n) is 13.7. The summed E-state index contributed by atoms with van der Waals surface area (Å²) in [5.41, 5.74) is 0.812. The second-order valence-electron chi connectivity index (χ2n) is 11.4. The molecule has 0 fully saturated rings. The Balaban J connectivity index is 3.59. The third-order valence-electron chi connectivity index (χ3n) is 6.16. The summed E-state index contributed by atoms with van der Waals surface area (Å²) in [6, 6.07) is 5.30. The summed E-state index contributed by atoms with van der Waals surface area (Å²) in [7, 11) is 0. The minimum absolute atomic E-state index is 0.0543. The normalized spacial score (nSPS) is 14.7. The summed E-state index contributed by atoms with van der Waals surface area (Å²) < 4.78 is 5.40. The first kappa shape index (κ1) is 33.5. The van der Waals surface area contributed by atoms with Gasteiger partial charge in [0, 0.05) is 17.8 Å². The van der Waals surface area contributed by atoms with Crippen LogP contribution in [0.25, 0.3) is 6.08 Å². The molecule has 4 atom stereocenters. The van der Waals surface area contributed by atoms with Crippen LogP contribution in [-0.2, 0) is 14.3 Å². The summed E-state index contributed by atoms with van der Waals surface area (Å²) in [6.45, 7) is 19.4. The standard InChI is InChI=1S/C30H49N3O4S/c1-10-13-21(5)31-27(34)26(24-15-12-14-23(11-2)18-24)33(22(6)17-16-20(3)4)28(35)25(19-38)32-29(36)37-30(7,8)9/h11-12,14-15,18,20-22,25-26,38H,2,10,13,16-17,19H2,1,3-9H3,(H,31,34)(H,32,36). The largest absolute Gasteiger partial charge is 0.444 e. The average Bonchev–Trinajstić information content (AvgIpc) is 2.82. The molecule has 2 N–H and O–H groups in total. The van der Waals surface area contributed by atoms with E-state index in [4.69, 9.17) is 4.74 Å². The molecule has 38 heavy (non-hydrogen) atoms. The highest BCUT2D eigenvalue weighted by molar-refractivity contribution is 7.80. The number of nitrogens with zero attached hydrogens (tertiary/aromatic N) is 1. The van der Waals surface area contributed by atoms with E-state index in [9.17, 15) is 14.4 Å². The van der Waals surface area contributed by atoms with Gasteiger partial charge in [0.15, 0.2) is 0 Å². The maximum atomic E-state index is 14.2. The number of alkyl carbamates (subject to hydrolysis) is 1. The molecule has 3 amide bonds. The Kier molecular flexibility index (Phi) is 14.0. The molecular weight excluding hydrogens is 498 g/mol. The van der Waals surface area contributed by atoms with Crippen LogP contribution < -0.4 is 10.6 Å². The van der Waals surface area contributed by atoms with Gasteiger partial charge in [-0.1, -0.05) is 58.0 Å². The Labute approximate surface area is 235 Å². The Hall–Kier alpha value is -2.48. The molecule has 0 aliphatic rings. The fourth-order valence-corrected chi connectivity index (χ4v) is 4.50. The summed E-state index contributed by atoms with van der Waals surface area (Å²) in [5.74, 6) is -0.156. The van der Waals surface area contributed by atoms with Crippen molar-refractivity contribution in [3.05, 3.63) is 42.0 Å². The average molecular weight is 548 g/mol. The lowest BCUT2D eigenvalue weighted by molar-refractivity contribution is -0.145. The van der Waals surface area contributed by atoms with E-state index < -0.39 is 23.8 Å². The maximum Gasteiger partial charge on any atom is 0.408 e. The number of hydrogen-bond donors (Lipinski definition) is 3. The van der Waals surface area contributed by atoms with Gasteiger partial charge in [-0.2, -0.15) is 12.6 Å². The van der Waals surface area contributed by atoms with E-state index in [2.05, 4.69) is 50.6 Å². The van der Waals surface area contributed by atoms with Gasteiger partial charge < -0.3 is 20.3 Å². The second-order valence-corrected chi connectivity index (χ2v) is 11.8. The number of carbonyl (C=O) groups excluding carboxylic acids is 3. The first-order valence-corrected chi connectivity index (χ1v) is 14.3. The molecule has 0 saturated carbocycles. The molecule has 0 spiro atoms. The van der Waals surface area contributed by atoms with Gasteiger partial charge in [-0.3, -0.25) is 9.59 Å². The minimum Gasteiger partial charge on any atom is -0.444 e. The smallest absolute Gasteiger partial charge is 0.408 e. The van der Waals surface area contributed by atoms with Crippen LogP contribution in [0, 0.1) is 5.92 Å². The highest BCUT2D eigenvalue weighted by Crippen LogP contribution is 2.29. The summed E-state index contributed by atoms with van der Waals surface area (Å²) in [5, 5.41) is 5.79. The number of hydrogen-bond acceptors (Lipinski definition) is 5. The number of thiol groups is 1. The number of rotatable bonds is 14. The third-order valence-corrected chi connectivity index (χ3v) is 6.53. The van der Waals surface area contributed by atoms with Crippen molar-refractivity contribution in [3.8, 4) is 0 Å². The zero-order valence-electron chi connectivity index (χ0n) is 24.5. The lowest BCUT2D eigenvalue weighted by Gasteiger charge is -2.39. The highest BCUT2D eigenvalue weighted by Gasteiger charge is 2.38. The fourth-order valence-electron chi connectivity index (χ4n) is 4.25. The van der Waals surface area contributed by atoms with E-state index in [0.717, 1.165) is 24.8 Å². The molecule has 4 unspecified atom stereocenters. The van der Waals surface area contributed by atoms with Gasteiger partial charge in [-0.25, -0.2) is 4.79 Å². The van der Waals surface area contributed by atoms with E-state index in [1.165, 1.54) is 0 Å². The van der Waals surface area contributed by atoms with Crippen molar-refractivity contribution in [1.82, 2.24) is 15.5 Å². The molecule has 0 radical (unpaired) electrons. The van der Waals surface area contributed by atoms with E-state index in [0.29, 0.717) is 17.9 Å². The summed E-state index contributed by atoms with van der Waals surface area (Å²) in [4.78, 5) is 42.2. The van der Waals surface area contributed by atoms with Gasteiger partial charge >= 0.3 is 6.09 Å². The third kappa shape index (κ3) is 11.1. The van der Waals surface area contributed by atoms with Crippen LogP contribution in [0.15, 0.2) is 30.8 Å². The summed E-state index contributed by atoms with van der Waals surface area (Å²) in [6.07, 6.45) is 4.33. The molecule has 8 heteroatoms. The van der Waals surface area contributed by atoms with Gasteiger partial charge in [-0.05, 0) is 77.0 Å². The predicted molar refractivity (Wildman–Crippen MR) is 159 cm³/mol. The van der Waals surface area contributed by atoms with Crippen LogP contribution in [0.4, 0.5) is 4.79 Å². The van der Waals surface area contributed by atoms with Crippen molar-refractivity contribution >= 4 is 36.6 Å². The highest BCUT2D eigenvalue weighted by atomic mass is 32.1. The number of carbonyl (C=O) groups is 3. The lowest BCUT2D eigenvalue weighted by Crippen LogP contribution is -2.56. The van der Waals surface area contributed by atoms with Crippen LogP contribution in [-0.4, -0.2) is 52.3 Å². The molecular formula is C30H49N3O4S. The van der Waals surface area contributed by atoms with E-state index in [1.807, 2.05) is 38.1 Å². The molecule has 1 rings (SSSR count). The molecule has 0 aliphatic carbocycles. The van der Waals surface area contributed by atoms with E-state index in [1.54, 1.807) is 31.7 Å². The topological polar surface area (TPSA) is 87.7 Å². The van der Waals surface area contributed by atoms with Crippen LogP contribution in [0.5, 0.6) is 0 Å². The van der Waals surface area contributed by atoms with Gasteiger partial charge in [0.1, 0.15) is 17.7 Å². The molecule has 0 bridgehead atoms. The number of benzene rings is 1. The number of ether oxygens (including phenoxy) is 1. The second kappa shape index (κ2) is 15.8. The Bertz CT molecular complexity index is 928. The minimum atomic E-state index is -0.972. The van der Waals surface area contributed by atoms with E-state index >= 15 is 0 Å². The zero-order chi connectivity index (χ0) is 29.0. The molecule has 0 saturated heterocycles. The first-order chi connectivity index (χ1) is 17.7. The molecule has 214 valence electrons.